The molecule has 0 radical (unpaired) electrons. The van der Waals surface area contributed by atoms with Crippen molar-refractivity contribution in [3.63, 3.8) is 0 Å². The van der Waals surface area contributed by atoms with Gasteiger partial charge in [-0.05, 0) is 66.0 Å². The van der Waals surface area contributed by atoms with E-state index in [2.05, 4.69) is 55.0 Å². The summed E-state index contributed by atoms with van der Waals surface area (Å²) in [5.41, 5.74) is 4.02. The average Bonchev–Trinajstić information content (AvgIpc) is 3.11. The SMILES string of the molecule is CC1C(C)C(C)C(C)C1C.COC(=O)COc1[c-]c2c(cc1)CCCC2=Nc1ccc(OC)cc1.[CH3-].[Cl][Ir+2]. The fraction of sp³-hybridized carbons (Fsp3) is 0.516. The number of aliphatic imine (C=N–C) groups is 1. The summed E-state index contributed by atoms with van der Waals surface area (Å²) in [6.45, 7) is 11.9. The van der Waals surface area contributed by atoms with Gasteiger partial charge >= 0.3 is 33.4 Å². The molecule has 2 aromatic rings. The summed E-state index contributed by atoms with van der Waals surface area (Å²) < 4.78 is 15.2. The molecule has 0 spiro atoms. The molecule has 0 saturated heterocycles. The van der Waals surface area contributed by atoms with Gasteiger partial charge in [-0.3, -0.25) is 0 Å². The Morgan fingerprint density at radius 3 is 1.97 bits per heavy atom. The van der Waals surface area contributed by atoms with Crippen molar-refractivity contribution in [2.24, 2.45) is 34.6 Å². The molecule has 0 unspecified atom stereocenters. The second-order valence-electron chi connectivity index (χ2n) is 9.99. The zero-order valence-corrected chi connectivity index (χ0v) is 27.1. The van der Waals surface area contributed by atoms with Crippen molar-refractivity contribution in [1.82, 2.24) is 0 Å². The van der Waals surface area contributed by atoms with Gasteiger partial charge in [0.05, 0.1) is 19.9 Å². The van der Waals surface area contributed by atoms with Gasteiger partial charge < -0.3 is 26.6 Å². The molecule has 5 nitrogen and oxygen atoms in total. The molecule has 0 aromatic heterocycles. The molecule has 1 saturated carbocycles. The Bertz CT molecular complexity index is 982. The number of rotatable bonds is 5. The Balaban J connectivity index is 0.000000468. The van der Waals surface area contributed by atoms with Crippen LogP contribution in [0.3, 0.4) is 0 Å². The van der Waals surface area contributed by atoms with E-state index >= 15 is 0 Å². The van der Waals surface area contributed by atoms with Gasteiger partial charge in [-0.15, -0.1) is 23.3 Å². The van der Waals surface area contributed by atoms with Gasteiger partial charge in [-0.1, -0.05) is 53.5 Å². The number of nitrogens with zero attached hydrogens (tertiary/aromatic N) is 1. The van der Waals surface area contributed by atoms with E-state index in [-0.39, 0.29) is 14.0 Å². The van der Waals surface area contributed by atoms with Crippen molar-refractivity contribution in [3.8, 4) is 11.5 Å². The van der Waals surface area contributed by atoms with E-state index in [9.17, 15) is 4.79 Å². The molecule has 7 heteroatoms. The fourth-order valence-corrected chi connectivity index (χ4v) is 5.14. The zero-order chi connectivity index (χ0) is 27.5. The van der Waals surface area contributed by atoms with Crippen LogP contribution in [-0.2, 0) is 33.8 Å². The summed E-state index contributed by atoms with van der Waals surface area (Å²) >= 11 is 1.47. The normalized spacial score (nSPS) is 24.4. The average molecular weight is 721 g/mol. The van der Waals surface area contributed by atoms with E-state index in [1.54, 1.807) is 7.11 Å². The quantitative estimate of drug-likeness (QED) is 0.234. The second kappa shape index (κ2) is 16.9. The Hall–Kier alpha value is -1.88. The van der Waals surface area contributed by atoms with Crippen LogP contribution in [0.25, 0.3) is 0 Å². The van der Waals surface area contributed by atoms with Gasteiger partial charge in [0.2, 0.25) is 0 Å². The van der Waals surface area contributed by atoms with Crippen molar-refractivity contribution in [2.45, 2.75) is 53.9 Å². The third kappa shape index (κ3) is 9.10. The molecule has 2 aliphatic rings. The molecule has 0 amide bonds. The molecule has 1 fully saturated rings. The maximum atomic E-state index is 11.2. The van der Waals surface area contributed by atoms with Crippen LogP contribution in [0.1, 0.15) is 58.6 Å². The summed E-state index contributed by atoms with van der Waals surface area (Å²) in [5.74, 6) is 5.58. The number of methoxy groups -OCH3 is 2. The van der Waals surface area contributed by atoms with Gasteiger partial charge in [0, 0.05) is 5.75 Å². The van der Waals surface area contributed by atoms with Gasteiger partial charge in [0.25, 0.3) is 0 Å². The van der Waals surface area contributed by atoms with Crippen LogP contribution in [-0.4, -0.2) is 32.5 Å². The number of carbonyl (C=O) groups is 1. The molecule has 212 valence electrons. The van der Waals surface area contributed by atoms with Crippen LogP contribution in [0.4, 0.5) is 5.69 Å². The molecular weight excluding hydrogens is 678 g/mol. The summed E-state index contributed by atoms with van der Waals surface area (Å²) in [6, 6.07) is 14.7. The van der Waals surface area contributed by atoms with Crippen LogP contribution in [0.2, 0.25) is 0 Å². The molecule has 0 aliphatic heterocycles. The van der Waals surface area contributed by atoms with Crippen molar-refractivity contribution >= 4 is 27.0 Å². The molecule has 0 N–H and O–H groups in total. The first-order chi connectivity index (χ1) is 17.7. The number of hydrogen-bond acceptors (Lipinski definition) is 5. The van der Waals surface area contributed by atoms with E-state index in [1.165, 1.54) is 30.6 Å². The third-order valence-electron chi connectivity index (χ3n) is 8.21. The first-order valence-electron chi connectivity index (χ1n) is 12.8. The van der Waals surface area contributed by atoms with Crippen LogP contribution < -0.4 is 9.47 Å². The number of aryl methyl sites for hydroxylation is 1. The Kier molecular flexibility index (Phi) is 15.2. The van der Waals surface area contributed by atoms with E-state index in [1.807, 2.05) is 36.4 Å². The number of esters is 1. The number of carbonyl (C=O) groups excluding carboxylic acids is 1. The van der Waals surface area contributed by atoms with Crippen molar-refractivity contribution in [2.75, 3.05) is 20.8 Å². The van der Waals surface area contributed by atoms with E-state index < -0.39 is 5.97 Å². The molecule has 0 bridgehead atoms. The van der Waals surface area contributed by atoms with Crippen molar-refractivity contribution in [1.29, 1.82) is 0 Å². The number of fused-ring (bicyclic) bond motifs is 1. The molecule has 0 atom stereocenters. The fourth-order valence-electron chi connectivity index (χ4n) is 5.14. The van der Waals surface area contributed by atoms with E-state index in [0.717, 1.165) is 71.6 Å². The molecule has 2 aromatic carbocycles. The molecule has 0 heterocycles. The minimum absolute atomic E-state index is 0. The third-order valence-corrected chi connectivity index (χ3v) is 8.21. The van der Waals surface area contributed by atoms with Crippen LogP contribution in [0, 0.1) is 43.1 Å². The van der Waals surface area contributed by atoms with E-state index in [0.29, 0.717) is 5.75 Å². The van der Waals surface area contributed by atoms with Crippen molar-refractivity contribution in [3.05, 3.63) is 61.0 Å². The molecule has 2 aliphatic carbocycles. The Labute approximate surface area is 244 Å². The Morgan fingerprint density at radius 1 is 0.921 bits per heavy atom. The first-order valence-corrected chi connectivity index (χ1v) is 15.8. The molecule has 4 rings (SSSR count). The summed E-state index contributed by atoms with van der Waals surface area (Å²) in [6.07, 6.45) is 2.93. The van der Waals surface area contributed by atoms with E-state index in [4.69, 9.17) is 14.5 Å². The second-order valence-corrected chi connectivity index (χ2v) is 9.99. The summed E-state index contributed by atoms with van der Waals surface area (Å²) in [7, 11) is 7.62. The number of ether oxygens (including phenoxy) is 3. The van der Waals surface area contributed by atoms with Gasteiger partial charge in [-0.2, -0.15) is 0 Å². The van der Waals surface area contributed by atoms with Gasteiger partial charge in [-0.25, -0.2) is 4.79 Å². The van der Waals surface area contributed by atoms with Crippen LogP contribution >= 0.6 is 9.58 Å². The maximum absolute atomic E-state index is 11.2. The van der Waals surface area contributed by atoms with Crippen LogP contribution in [0.5, 0.6) is 11.5 Å². The summed E-state index contributed by atoms with van der Waals surface area (Å²) in [5, 5.41) is 0. The van der Waals surface area contributed by atoms with Gasteiger partial charge in [0.1, 0.15) is 5.75 Å². The standard InChI is InChI=1S/C20H20NO4.C10H20.CH3.ClH.Ir/c1-23-16-10-7-15(8-11-16)21-19-5-3-4-14-6-9-17(12-18(14)19)25-13-20(22)24-2;1-6-7(2)9(4)10(5)8(6)3;;;/h6-11H,3-5,13H2,1-2H3;6-10H,1-5H3;1H3;1H;/q-1;;-1;;+3/p-1. The Morgan fingerprint density at radius 2 is 1.47 bits per heavy atom. The van der Waals surface area contributed by atoms with Crippen LogP contribution in [0.15, 0.2) is 41.4 Å². The number of benzene rings is 2. The van der Waals surface area contributed by atoms with Crippen molar-refractivity contribution < 1.29 is 36.9 Å². The minimum atomic E-state index is -0.418. The monoisotopic (exact) mass is 721 g/mol. The zero-order valence-electron chi connectivity index (χ0n) is 24.0. The topological polar surface area (TPSA) is 57.1 Å². The number of halogens is 1. The predicted molar refractivity (Wildman–Crippen MR) is 153 cm³/mol. The van der Waals surface area contributed by atoms with Gasteiger partial charge in [0.15, 0.2) is 6.61 Å². The number of hydrogen-bond donors (Lipinski definition) is 0. The predicted octanol–water partition coefficient (Wildman–Crippen LogP) is 7.82. The summed E-state index contributed by atoms with van der Waals surface area (Å²) in [4.78, 5) is 16.0. The molecule has 38 heavy (non-hydrogen) atoms. The first kappa shape index (κ1) is 34.1. The molecular formula is C31H43ClIrNO4.